The zero-order valence-electron chi connectivity index (χ0n) is 35.1. The molecule has 0 unspecified atom stereocenters. The van der Waals surface area contributed by atoms with Gasteiger partial charge in [-0.3, -0.25) is 9.97 Å². The summed E-state index contributed by atoms with van der Waals surface area (Å²) in [5.74, 6) is 0. The highest BCUT2D eigenvalue weighted by atomic mass is 16.3. The van der Waals surface area contributed by atoms with Crippen LogP contribution in [0.2, 0.25) is 0 Å². The van der Waals surface area contributed by atoms with Crippen LogP contribution in [0.15, 0.2) is 216 Å². The quantitative estimate of drug-likeness (QED) is 0.161. The van der Waals surface area contributed by atoms with Crippen molar-refractivity contribution in [3.05, 3.63) is 208 Å². The number of fused-ring (bicyclic) bond motifs is 10. The number of rotatable bonds is 4. The SMILES string of the molecule is c1cc(-c2cccc3ncoc23)c2c(c1)ccc1c(-c3cccc4ncoc34)cccc12.c1ncc2cc(-c3ccc4c(ccc5cc(-c6ccc7nccnc7c6)ccc54)c3)ccc2n1. The molecule has 10 aromatic carbocycles. The molecule has 0 N–H and O–H groups in total. The lowest BCUT2D eigenvalue weighted by Crippen LogP contribution is -1.87. The molecule has 14 aromatic rings. The van der Waals surface area contributed by atoms with Gasteiger partial charge < -0.3 is 8.83 Å². The summed E-state index contributed by atoms with van der Waals surface area (Å²) in [6.45, 7) is 0. The number of hydrogen-bond acceptors (Lipinski definition) is 8. The first kappa shape index (κ1) is 37.4. The summed E-state index contributed by atoms with van der Waals surface area (Å²) in [7, 11) is 0. The molecule has 4 aromatic heterocycles. The standard InChI is InChI=1S/C30H18N4.C28H16N2O2/c1-2-24-14-20(22-6-10-29-30(16-22)33-12-11-32-29)4-8-27(24)26-7-3-19(13-23(1)26)21-5-9-28-25(15-21)17-31-18-34-28;1-5-17-13-14-19-18(22-9-3-11-24-27(22)31-15-29-24)6-2-8-20(19)26(17)21(7-1)23-10-4-12-25-28(23)32-16-30-25/h1-18H;1-16H. The zero-order valence-corrected chi connectivity index (χ0v) is 35.1. The number of hydrogen-bond donors (Lipinski definition) is 0. The van der Waals surface area contributed by atoms with E-state index in [1.807, 2.05) is 36.5 Å². The minimum Gasteiger partial charge on any atom is -0.443 e. The van der Waals surface area contributed by atoms with E-state index in [1.54, 1.807) is 18.7 Å². The second-order valence-corrected chi connectivity index (χ2v) is 16.4. The molecule has 308 valence electrons. The molecular weight excluding hydrogens is 813 g/mol. The Labute approximate surface area is 376 Å². The van der Waals surface area contributed by atoms with Gasteiger partial charge in [0.1, 0.15) is 17.4 Å². The molecule has 0 radical (unpaired) electrons. The summed E-state index contributed by atoms with van der Waals surface area (Å²) >= 11 is 0. The van der Waals surface area contributed by atoms with E-state index in [0.717, 1.165) is 72.0 Å². The van der Waals surface area contributed by atoms with Crippen LogP contribution in [0.3, 0.4) is 0 Å². The van der Waals surface area contributed by atoms with Crippen LogP contribution in [0.5, 0.6) is 0 Å². The van der Waals surface area contributed by atoms with Crippen LogP contribution in [0.4, 0.5) is 0 Å². The molecule has 0 spiro atoms. The molecule has 8 nitrogen and oxygen atoms in total. The first-order valence-electron chi connectivity index (χ1n) is 21.7. The second kappa shape index (κ2) is 15.3. The van der Waals surface area contributed by atoms with Crippen molar-refractivity contribution in [3.8, 4) is 44.5 Å². The van der Waals surface area contributed by atoms with E-state index in [4.69, 9.17) is 8.83 Å². The van der Waals surface area contributed by atoms with Crippen molar-refractivity contribution in [1.29, 1.82) is 0 Å². The topological polar surface area (TPSA) is 104 Å². The van der Waals surface area contributed by atoms with Gasteiger partial charge in [0.2, 0.25) is 0 Å². The lowest BCUT2D eigenvalue weighted by Gasteiger charge is -2.13. The monoisotopic (exact) mass is 846 g/mol. The normalized spacial score (nSPS) is 11.6. The van der Waals surface area contributed by atoms with Crippen molar-refractivity contribution in [1.82, 2.24) is 29.9 Å². The summed E-state index contributed by atoms with van der Waals surface area (Å²) < 4.78 is 11.5. The van der Waals surface area contributed by atoms with Crippen LogP contribution in [0.25, 0.3) is 132 Å². The Hall–Kier alpha value is -9.14. The Morgan fingerprint density at radius 2 is 0.864 bits per heavy atom. The van der Waals surface area contributed by atoms with Gasteiger partial charge in [0.25, 0.3) is 0 Å². The van der Waals surface area contributed by atoms with Crippen LogP contribution in [-0.4, -0.2) is 29.9 Å². The average molecular weight is 847 g/mol. The van der Waals surface area contributed by atoms with Crippen molar-refractivity contribution < 1.29 is 8.83 Å². The third-order valence-electron chi connectivity index (χ3n) is 12.7. The fraction of sp³-hybridized carbons (Fsp3) is 0. The molecule has 0 aliphatic rings. The van der Waals surface area contributed by atoms with Crippen LogP contribution in [-0.2, 0) is 0 Å². The molecule has 8 heteroatoms. The van der Waals surface area contributed by atoms with E-state index in [2.05, 4.69) is 169 Å². The van der Waals surface area contributed by atoms with E-state index in [9.17, 15) is 0 Å². The average Bonchev–Trinajstić information content (AvgIpc) is 4.09. The van der Waals surface area contributed by atoms with E-state index >= 15 is 0 Å². The van der Waals surface area contributed by atoms with Crippen molar-refractivity contribution in [2.45, 2.75) is 0 Å². The Morgan fingerprint density at radius 3 is 1.59 bits per heavy atom. The van der Waals surface area contributed by atoms with E-state index in [0.29, 0.717) is 0 Å². The molecular formula is C58H34N6O2. The van der Waals surface area contributed by atoms with Gasteiger partial charge in [-0.1, -0.05) is 121 Å². The van der Waals surface area contributed by atoms with Crippen molar-refractivity contribution in [3.63, 3.8) is 0 Å². The highest BCUT2D eigenvalue weighted by molar-refractivity contribution is 6.19. The second-order valence-electron chi connectivity index (χ2n) is 16.4. The van der Waals surface area contributed by atoms with Crippen molar-refractivity contribution in [2.75, 3.05) is 0 Å². The fourth-order valence-electron chi connectivity index (χ4n) is 9.54. The number of oxazole rings is 2. The Bertz CT molecular complexity index is 4080. The van der Waals surface area contributed by atoms with Crippen LogP contribution in [0, 0.1) is 0 Å². The first-order valence-corrected chi connectivity index (χ1v) is 21.7. The summed E-state index contributed by atoms with van der Waals surface area (Å²) in [4.78, 5) is 26.0. The molecule has 14 rings (SSSR count). The van der Waals surface area contributed by atoms with Crippen LogP contribution >= 0.6 is 0 Å². The van der Waals surface area contributed by atoms with E-state index in [-0.39, 0.29) is 0 Å². The van der Waals surface area contributed by atoms with Gasteiger partial charge in [0.15, 0.2) is 24.0 Å². The molecule has 0 saturated heterocycles. The summed E-state index contributed by atoms with van der Waals surface area (Å²) in [5, 5.41) is 10.7. The Balaban J connectivity index is 0.000000132. The molecule has 66 heavy (non-hydrogen) atoms. The van der Waals surface area contributed by atoms with Gasteiger partial charge in [-0.15, -0.1) is 0 Å². The third-order valence-corrected chi connectivity index (χ3v) is 12.7. The maximum Gasteiger partial charge on any atom is 0.182 e. The Kier molecular flexibility index (Phi) is 8.67. The number of para-hydroxylation sites is 2. The highest BCUT2D eigenvalue weighted by Gasteiger charge is 2.16. The number of aromatic nitrogens is 6. The summed E-state index contributed by atoms with van der Waals surface area (Å²) in [6.07, 6.45) is 9.92. The number of benzene rings is 10. The minimum atomic E-state index is 0.805. The summed E-state index contributed by atoms with van der Waals surface area (Å²) in [6, 6.07) is 59.8. The maximum atomic E-state index is 5.77. The van der Waals surface area contributed by atoms with E-state index < -0.39 is 0 Å². The number of nitrogens with zero attached hydrogens (tertiary/aromatic N) is 6. The predicted octanol–water partition coefficient (Wildman–Crippen LogP) is 14.8. The van der Waals surface area contributed by atoms with Gasteiger partial charge >= 0.3 is 0 Å². The fourth-order valence-corrected chi connectivity index (χ4v) is 9.54. The largest absolute Gasteiger partial charge is 0.443 e. The first-order chi connectivity index (χ1) is 32.7. The smallest absolute Gasteiger partial charge is 0.182 e. The third kappa shape index (κ3) is 6.31. The molecule has 0 aliphatic carbocycles. The van der Waals surface area contributed by atoms with Crippen LogP contribution in [0.1, 0.15) is 0 Å². The van der Waals surface area contributed by atoms with Crippen molar-refractivity contribution >= 4 is 87.2 Å². The molecule has 0 saturated carbocycles. The van der Waals surface area contributed by atoms with Crippen molar-refractivity contribution in [2.24, 2.45) is 0 Å². The molecule has 0 atom stereocenters. The van der Waals surface area contributed by atoms with Crippen LogP contribution < -0.4 is 0 Å². The molecule has 0 aliphatic heterocycles. The van der Waals surface area contributed by atoms with Gasteiger partial charge in [-0.05, 0) is 125 Å². The van der Waals surface area contributed by atoms with Gasteiger partial charge in [0.05, 0.1) is 16.6 Å². The van der Waals surface area contributed by atoms with Gasteiger partial charge in [-0.2, -0.15) is 0 Å². The van der Waals surface area contributed by atoms with E-state index in [1.165, 1.54) is 72.6 Å². The molecule has 0 bridgehead atoms. The zero-order chi connectivity index (χ0) is 43.6. The molecule has 4 heterocycles. The lowest BCUT2D eigenvalue weighted by atomic mass is 9.90. The van der Waals surface area contributed by atoms with Gasteiger partial charge in [0, 0.05) is 35.1 Å². The summed E-state index contributed by atoms with van der Waals surface area (Å²) in [5.41, 5.74) is 15.1. The Morgan fingerprint density at radius 1 is 0.318 bits per heavy atom. The lowest BCUT2D eigenvalue weighted by molar-refractivity contribution is 0.603. The minimum absolute atomic E-state index is 0.805. The maximum absolute atomic E-state index is 5.77. The highest BCUT2D eigenvalue weighted by Crippen LogP contribution is 2.41. The molecule has 0 fully saturated rings. The molecule has 0 amide bonds. The van der Waals surface area contributed by atoms with Gasteiger partial charge in [-0.25, -0.2) is 19.9 Å². The predicted molar refractivity (Wildman–Crippen MR) is 266 cm³/mol.